The highest BCUT2D eigenvalue weighted by molar-refractivity contribution is 5.87. The van der Waals surface area contributed by atoms with Gasteiger partial charge in [-0.1, -0.05) is 12.1 Å². The van der Waals surface area contributed by atoms with Crippen molar-refractivity contribution in [1.82, 2.24) is 0 Å². The lowest BCUT2D eigenvalue weighted by Gasteiger charge is -2.14. The maximum Gasteiger partial charge on any atom is 0.308 e. The smallest absolute Gasteiger partial charge is 0.308 e. The van der Waals surface area contributed by atoms with Crippen molar-refractivity contribution in [3.63, 3.8) is 0 Å². The van der Waals surface area contributed by atoms with Crippen molar-refractivity contribution in [2.45, 2.75) is 27.4 Å². The van der Waals surface area contributed by atoms with Gasteiger partial charge in [0.15, 0.2) is 0 Å². The molecule has 7 nitrogen and oxygen atoms in total. The van der Waals surface area contributed by atoms with Gasteiger partial charge in [0.05, 0.1) is 23.6 Å². The van der Waals surface area contributed by atoms with Crippen molar-refractivity contribution in [3.8, 4) is 22.6 Å². The van der Waals surface area contributed by atoms with Gasteiger partial charge in [-0.2, -0.15) is 0 Å². The first kappa shape index (κ1) is 20.1. The van der Waals surface area contributed by atoms with Crippen LogP contribution < -0.4 is 14.9 Å². The minimum atomic E-state index is -0.539. The highest BCUT2D eigenvalue weighted by Gasteiger charge is 2.20. The van der Waals surface area contributed by atoms with Gasteiger partial charge >= 0.3 is 11.9 Å². The number of carbonyl (C=O) groups excluding carboxylic acids is 2. The predicted molar refractivity (Wildman–Crippen MR) is 106 cm³/mol. The van der Waals surface area contributed by atoms with Crippen LogP contribution >= 0.6 is 0 Å². The van der Waals surface area contributed by atoms with E-state index in [9.17, 15) is 14.4 Å². The van der Waals surface area contributed by atoms with Crippen LogP contribution in [0.4, 0.5) is 0 Å². The lowest BCUT2D eigenvalue weighted by molar-refractivity contribution is -0.142. The van der Waals surface area contributed by atoms with Gasteiger partial charge in [-0.3, -0.25) is 14.4 Å². The molecular formula is C22H20O7. The van der Waals surface area contributed by atoms with Gasteiger partial charge in [-0.25, -0.2) is 0 Å². The van der Waals surface area contributed by atoms with E-state index in [0.29, 0.717) is 33.6 Å². The second-order valence-corrected chi connectivity index (χ2v) is 6.38. The minimum absolute atomic E-state index is 0.172. The number of benzene rings is 2. The van der Waals surface area contributed by atoms with Crippen molar-refractivity contribution in [3.05, 3.63) is 57.9 Å². The molecule has 29 heavy (non-hydrogen) atoms. The molecule has 0 spiro atoms. The van der Waals surface area contributed by atoms with Crippen LogP contribution in [-0.2, 0) is 20.9 Å². The summed E-state index contributed by atoms with van der Waals surface area (Å²) in [5.74, 6) is 0.182. The normalized spacial score (nSPS) is 10.6. The zero-order valence-electron chi connectivity index (χ0n) is 16.5. The number of methoxy groups -OCH3 is 1. The topological polar surface area (TPSA) is 92.0 Å². The monoisotopic (exact) mass is 396 g/mol. The van der Waals surface area contributed by atoms with Gasteiger partial charge in [0.1, 0.15) is 29.4 Å². The van der Waals surface area contributed by atoms with Crippen LogP contribution in [0.3, 0.4) is 0 Å². The zero-order chi connectivity index (χ0) is 21.1. The lowest BCUT2D eigenvalue weighted by Crippen LogP contribution is -2.11. The fraction of sp³-hybridized carbons (Fsp3) is 0.227. The summed E-state index contributed by atoms with van der Waals surface area (Å²) in [6.45, 7) is 4.00. The first-order chi connectivity index (χ1) is 13.8. The van der Waals surface area contributed by atoms with Crippen LogP contribution in [0, 0.1) is 6.92 Å². The molecule has 0 unspecified atom stereocenters. The van der Waals surface area contributed by atoms with E-state index in [1.165, 1.54) is 26.0 Å². The van der Waals surface area contributed by atoms with Gasteiger partial charge in [0, 0.05) is 13.8 Å². The molecule has 1 aromatic heterocycles. The Morgan fingerprint density at radius 1 is 1.00 bits per heavy atom. The first-order valence-electron chi connectivity index (χ1n) is 8.87. The summed E-state index contributed by atoms with van der Waals surface area (Å²) in [6.07, 6.45) is 0. The molecule has 0 radical (unpaired) electrons. The molecule has 0 N–H and O–H groups in total. The van der Waals surface area contributed by atoms with E-state index in [1.54, 1.807) is 38.3 Å². The Labute approximate surface area is 166 Å². The van der Waals surface area contributed by atoms with Crippen molar-refractivity contribution in [2.24, 2.45) is 0 Å². The van der Waals surface area contributed by atoms with Crippen LogP contribution in [0.2, 0.25) is 0 Å². The van der Waals surface area contributed by atoms with E-state index in [1.807, 2.05) is 0 Å². The van der Waals surface area contributed by atoms with Crippen molar-refractivity contribution in [1.29, 1.82) is 0 Å². The fourth-order valence-corrected chi connectivity index (χ4v) is 3.06. The lowest BCUT2D eigenvalue weighted by atomic mass is 10.0. The second kappa shape index (κ2) is 8.18. The van der Waals surface area contributed by atoms with Crippen LogP contribution in [0.25, 0.3) is 22.1 Å². The molecule has 0 saturated carbocycles. The third kappa shape index (κ3) is 4.13. The third-order valence-corrected chi connectivity index (χ3v) is 4.35. The number of esters is 2. The van der Waals surface area contributed by atoms with Crippen molar-refractivity contribution in [2.75, 3.05) is 7.11 Å². The van der Waals surface area contributed by atoms with Gasteiger partial charge in [-0.05, 0) is 36.8 Å². The van der Waals surface area contributed by atoms with Crippen LogP contribution in [0.5, 0.6) is 11.5 Å². The molecule has 7 heteroatoms. The predicted octanol–water partition coefficient (Wildman–Crippen LogP) is 3.77. The van der Waals surface area contributed by atoms with E-state index < -0.39 is 11.9 Å². The van der Waals surface area contributed by atoms with Gasteiger partial charge in [0.2, 0.25) is 5.43 Å². The number of ether oxygens (including phenoxy) is 3. The number of aryl methyl sites for hydroxylation is 1. The summed E-state index contributed by atoms with van der Waals surface area (Å²) >= 11 is 0. The molecule has 0 fully saturated rings. The Bertz CT molecular complexity index is 1140. The van der Waals surface area contributed by atoms with Gasteiger partial charge in [0.25, 0.3) is 0 Å². The molecular weight excluding hydrogens is 376 g/mol. The van der Waals surface area contributed by atoms with Crippen LogP contribution in [0.15, 0.2) is 45.6 Å². The Balaban J connectivity index is 2.23. The molecule has 0 bridgehead atoms. The number of rotatable bonds is 5. The Hall–Kier alpha value is -3.61. The maximum atomic E-state index is 13.2. The Morgan fingerprint density at radius 2 is 1.69 bits per heavy atom. The van der Waals surface area contributed by atoms with Gasteiger partial charge < -0.3 is 18.6 Å². The molecule has 0 aliphatic heterocycles. The standard InChI is InChI=1S/C22H20O7/c1-12-20(15-5-7-16(26-4)8-6-15)21(25)17-9-10-19(29-14(3)24)18(22(17)28-12)11-27-13(2)23/h5-10H,11H2,1-4H3. The first-order valence-corrected chi connectivity index (χ1v) is 8.87. The number of carbonyl (C=O) groups is 2. The number of fused-ring (bicyclic) bond motifs is 1. The Kier molecular flexibility index (Phi) is 5.68. The summed E-state index contributed by atoms with van der Waals surface area (Å²) in [7, 11) is 1.57. The van der Waals surface area contributed by atoms with Crippen molar-refractivity contribution >= 4 is 22.9 Å². The summed E-state index contributed by atoms with van der Waals surface area (Å²) in [5.41, 5.74) is 1.38. The Morgan fingerprint density at radius 3 is 2.28 bits per heavy atom. The highest BCUT2D eigenvalue weighted by atomic mass is 16.5. The fourth-order valence-electron chi connectivity index (χ4n) is 3.06. The average molecular weight is 396 g/mol. The molecule has 0 amide bonds. The largest absolute Gasteiger partial charge is 0.497 e. The van der Waals surface area contributed by atoms with Crippen LogP contribution in [-0.4, -0.2) is 19.0 Å². The third-order valence-electron chi connectivity index (χ3n) is 4.35. The summed E-state index contributed by atoms with van der Waals surface area (Å²) in [6, 6.07) is 10.1. The molecule has 1 heterocycles. The second-order valence-electron chi connectivity index (χ2n) is 6.38. The highest BCUT2D eigenvalue weighted by Crippen LogP contribution is 2.32. The minimum Gasteiger partial charge on any atom is -0.497 e. The summed E-state index contributed by atoms with van der Waals surface area (Å²) < 4.78 is 21.4. The maximum absolute atomic E-state index is 13.2. The SMILES string of the molecule is COc1ccc(-c2c(C)oc3c(COC(C)=O)c(OC(C)=O)ccc3c2=O)cc1. The molecule has 0 aliphatic carbocycles. The van der Waals surface area contributed by atoms with Crippen LogP contribution in [0.1, 0.15) is 25.2 Å². The van der Waals surface area contributed by atoms with E-state index in [0.717, 1.165) is 0 Å². The van der Waals surface area contributed by atoms with E-state index in [-0.39, 0.29) is 23.4 Å². The average Bonchev–Trinajstić information content (AvgIpc) is 2.67. The molecule has 0 aliphatic rings. The summed E-state index contributed by atoms with van der Waals surface area (Å²) in [4.78, 5) is 35.9. The molecule has 150 valence electrons. The number of hydrogen-bond acceptors (Lipinski definition) is 7. The molecule has 0 atom stereocenters. The number of hydrogen-bond donors (Lipinski definition) is 0. The van der Waals surface area contributed by atoms with E-state index >= 15 is 0 Å². The zero-order valence-corrected chi connectivity index (χ0v) is 16.5. The molecule has 0 saturated heterocycles. The molecule has 2 aromatic carbocycles. The quantitative estimate of drug-likeness (QED) is 0.479. The van der Waals surface area contributed by atoms with Crippen molar-refractivity contribution < 1.29 is 28.2 Å². The molecule has 3 aromatic rings. The summed E-state index contributed by atoms with van der Waals surface area (Å²) in [5, 5.41) is 0.291. The van der Waals surface area contributed by atoms with Gasteiger partial charge in [-0.15, -0.1) is 0 Å². The van der Waals surface area contributed by atoms with E-state index in [2.05, 4.69) is 0 Å². The molecule has 3 rings (SSSR count). The van der Waals surface area contributed by atoms with E-state index in [4.69, 9.17) is 18.6 Å².